The molecule has 1 aliphatic heterocycles. The molecule has 0 saturated heterocycles. The number of urea groups is 1. The molecule has 2 atom stereocenters. The highest BCUT2D eigenvalue weighted by molar-refractivity contribution is 5.92. The molecule has 1 aromatic heterocycles. The van der Waals surface area contributed by atoms with Gasteiger partial charge in [-0.25, -0.2) is 9.18 Å². The maximum Gasteiger partial charge on any atom is 0.318 e. The second-order valence-electron chi connectivity index (χ2n) is 9.23. The van der Waals surface area contributed by atoms with Crippen LogP contribution in [0, 0.1) is 5.82 Å². The van der Waals surface area contributed by atoms with Crippen molar-refractivity contribution in [3.63, 3.8) is 0 Å². The van der Waals surface area contributed by atoms with Crippen molar-refractivity contribution in [3.8, 4) is 0 Å². The molecule has 1 saturated carbocycles. The average molecular weight is 448 g/mol. The topological polar surface area (TPSA) is 90.1 Å². The van der Waals surface area contributed by atoms with E-state index in [0.29, 0.717) is 23.8 Å². The van der Waals surface area contributed by atoms with Crippen molar-refractivity contribution in [1.29, 1.82) is 0 Å². The summed E-state index contributed by atoms with van der Waals surface area (Å²) in [6, 6.07) is 16.0. The van der Waals surface area contributed by atoms with Crippen LogP contribution in [-0.2, 0) is 23.3 Å². The van der Waals surface area contributed by atoms with Crippen LogP contribution < -0.4 is 10.6 Å². The van der Waals surface area contributed by atoms with E-state index in [1.807, 2.05) is 32.0 Å². The molecule has 5 rings (SSSR count). The number of halogens is 1. The van der Waals surface area contributed by atoms with Crippen LogP contribution in [0.15, 0.2) is 54.6 Å². The highest BCUT2D eigenvalue weighted by atomic mass is 19.1. The molecule has 2 aliphatic rings. The number of hydrogen-bond donors (Lipinski definition) is 3. The standard InChI is InChI=1S/C25H26FN5O2/c1-25(2)22-19(23(30-29-22)28-21(32)12-15-8-10-17(26)11-9-15)14-31(25)24(33)27-20-13-18(20)16-6-4-3-5-7-16/h3-11,18,20H,12-14H2,1-2H3,(H,27,33)(H2,28,29,30,32)/t18-,20+/m0/s1. The van der Waals surface area contributed by atoms with Crippen molar-refractivity contribution in [1.82, 2.24) is 20.4 Å². The molecule has 2 heterocycles. The zero-order valence-electron chi connectivity index (χ0n) is 18.6. The summed E-state index contributed by atoms with van der Waals surface area (Å²) in [5.74, 6) is 0.183. The molecule has 33 heavy (non-hydrogen) atoms. The molecule has 1 fully saturated rings. The van der Waals surface area contributed by atoms with Gasteiger partial charge in [0.2, 0.25) is 5.91 Å². The highest BCUT2D eigenvalue weighted by Crippen LogP contribution is 2.43. The molecule has 0 spiro atoms. The second kappa shape index (κ2) is 8.03. The lowest BCUT2D eigenvalue weighted by Crippen LogP contribution is -2.47. The molecule has 3 N–H and O–H groups in total. The molecule has 8 heteroatoms. The number of aromatic amines is 1. The summed E-state index contributed by atoms with van der Waals surface area (Å²) >= 11 is 0. The second-order valence-corrected chi connectivity index (χ2v) is 9.23. The summed E-state index contributed by atoms with van der Waals surface area (Å²) < 4.78 is 13.1. The summed E-state index contributed by atoms with van der Waals surface area (Å²) in [6.45, 7) is 4.27. The van der Waals surface area contributed by atoms with E-state index in [2.05, 4.69) is 33.0 Å². The number of nitrogens with zero attached hydrogens (tertiary/aromatic N) is 2. The van der Waals surface area contributed by atoms with E-state index in [-0.39, 0.29) is 30.2 Å². The largest absolute Gasteiger partial charge is 0.335 e. The number of benzene rings is 2. The monoisotopic (exact) mass is 447 g/mol. The Morgan fingerprint density at radius 3 is 2.61 bits per heavy atom. The van der Waals surface area contributed by atoms with E-state index < -0.39 is 5.54 Å². The molecule has 170 valence electrons. The van der Waals surface area contributed by atoms with Gasteiger partial charge in [0.25, 0.3) is 0 Å². The molecular weight excluding hydrogens is 421 g/mol. The number of aromatic nitrogens is 2. The van der Waals surface area contributed by atoms with Crippen molar-refractivity contribution >= 4 is 17.8 Å². The minimum atomic E-state index is -0.594. The van der Waals surface area contributed by atoms with Gasteiger partial charge in [-0.3, -0.25) is 9.89 Å². The van der Waals surface area contributed by atoms with Crippen molar-refractivity contribution in [2.24, 2.45) is 0 Å². The van der Waals surface area contributed by atoms with E-state index in [0.717, 1.165) is 17.7 Å². The van der Waals surface area contributed by atoms with Gasteiger partial charge in [0.15, 0.2) is 5.82 Å². The normalized spacial score (nSPS) is 20.3. The summed E-state index contributed by atoms with van der Waals surface area (Å²) in [5, 5.41) is 13.3. The van der Waals surface area contributed by atoms with Gasteiger partial charge in [0, 0.05) is 17.5 Å². The fraction of sp³-hybridized carbons (Fsp3) is 0.320. The van der Waals surface area contributed by atoms with Crippen LogP contribution >= 0.6 is 0 Å². The molecule has 3 amide bonds. The van der Waals surface area contributed by atoms with Gasteiger partial charge in [-0.2, -0.15) is 5.10 Å². The quantitative estimate of drug-likeness (QED) is 0.551. The Bertz CT molecular complexity index is 1190. The smallest absolute Gasteiger partial charge is 0.318 e. The Balaban J connectivity index is 1.24. The lowest BCUT2D eigenvalue weighted by Gasteiger charge is -2.32. The Hall–Kier alpha value is -3.68. The SMILES string of the molecule is CC1(C)c2[nH]nc(NC(=O)Cc3ccc(F)cc3)c2CN1C(=O)N[C@@H]1C[C@H]1c1ccccc1. The number of carbonyl (C=O) groups is 2. The summed E-state index contributed by atoms with van der Waals surface area (Å²) in [6.07, 6.45) is 1.04. The lowest BCUT2D eigenvalue weighted by atomic mass is 10.0. The van der Waals surface area contributed by atoms with Crippen LogP contribution in [0.5, 0.6) is 0 Å². The fourth-order valence-corrected chi connectivity index (χ4v) is 4.57. The summed E-state index contributed by atoms with van der Waals surface area (Å²) in [4.78, 5) is 27.4. The molecular formula is C25H26FN5O2. The molecule has 7 nitrogen and oxygen atoms in total. The number of amides is 3. The first-order chi connectivity index (χ1) is 15.8. The highest BCUT2D eigenvalue weighted by Gasteiger charge is 2.46. The Labute approximate surface area is 191 Å². The third-order valence-electron chi connectivity index (χ3n) is 6.58. The van der Waals surface area contributed by atoms with Gasteiger partial charge < -0.3 is 15.5 Å². The predicted molar refractivity (Wildman–Crippen MR) is 122 cm³/mol. The van der Waals surface area contributed by atoms with Crippen molar-refractivity contribution in [2.75, 3.05) is 5.32 Å². The van der Waals surface area contributed by atoms with Crippen molar-refractivity contribution in [2.45, 2.75) is 50.7 Å². The van der Waals surface area contributed by atoms with Gasteiger partial charge in [-0.15, -0.1) is 0 Å². The average Bonchev–Trinajstić information content (AvgIpc) is 3.35. The van der Waals surface area contributed by atoms with E-state index in [1.165, 1.54) is 17.7 Å². The van der Waals surface area contributed by atoms with Crippen LogP contribution in [0.1, 0.15) is 48.6 Å². The van der Waals surface area contributed by atoms with Gasteiger partial charge in [-0.05, 0) is 43.5 Å². The number of carbonyl (C=O) groups excluding carboxylic acids is 2. The molecule has 0 bridgehead atoms. The Morgan fingerprint density at radius 2 is 1.88 bits per heavy atom. The Kier molecular flexibility index (Phi) is 5.15. The molecule has 0 unspecified atom stereocenters. The zero-order valence-corrected chi connectivity index (χ0v) is 18.6. The van der Waals surface area contributed by atoms with Crippen LogP contribution in [0.25, 0.3) is 0 Å². The van der Waals surface area contributed by atoms with Crippen molar-refractivity contribution < 1.29 is 14.0 Å². The van der Waals surface area contributed by atoms with Crippen molar-refractivity contribution in [3.05, 3.63) is 82.8 Å². The van der Waals surface area contributed by atoms with E-state index in [4.69, 9.17) is 0 Å². The van der Waals surface area contributed by atoms with E-state index in [1.54, 1.807) is 17.0 Å². The Morgan fingerprint density at radius 1 is 1.15 bits per heavy atom. The first-order valence-electron chi connectivity index (χ1n) is 11.1. The number of anilines is 1. The van der Waals surface area contributed by atoms with Gasteiger partial charge >= 0.3 is 6.03 Å². The molecule has 3 aromatic rings. The first-order valence-corrected chi connectivity index (χ1v) is 11.1. The number of rotatable bonds is 5. The van der Waals surface area contributed by atoms with E-state index in [9.17, 15) is 14.0 Å². The summed E-state index contributed by atoms with van der Waals surface area (Å²) in [5.41, 5.74) is 2.97. The molecule has 1 aliphatic carbocycles. The summed E-state index contributed by atoms with van der Waals surface area (Å²) in [7, 11) is 0. The zero-order chi connectivity index (χ0) is 23.2. The maximum atomic E-state index is 13.1. The maximum absolute atomic E-state index is 13.1. The first kappa shape index (κ1) is 21.2. The van der Waals surface area contributed by atoms with Crippen LogP contribution in [0.2, 0.25) is 0 Å². The molecule has 2 aromatic carbocycles. The van der Waals surface area contributed by atoms with Gasteiger partial charge in [0.1, 0.15) is 5.82 Å². The number of fused-ring (bicyclic) bond motifs is 1. The number of hydrogen-bond acceptors (Lipinski definition) is 3. The number of H-pyrrole nitrogens is 1. The fourth-order valence-electron chi connectivity index (χ4n) is 4.57. The minimum Gasteiger partial charge on any atom is -0.335 e. The third kappa shape index (κ3) is 4.08. The van der Waals surface area contributed by atoms with Crippen LogP contribution in [0.3, 0.4) is 0 Å². The molecule has 0 radical (unpaired) electrons. The minimum absolute atomic E-state index is 0.109. The van der Waals surface area contributed by atoms with Gasteiger partial charge in [0.05, 0.1) is 24.2 Å². The third-order valence-corrected chi connectivity index (χ3v) is 6.58. The van der Waals surface area contributed by atoms with Crippen LogP contribution in [0.4, 0.5) is 15.0 Å². The van der Waals surface area contributed by atoms with E-state index >= 15 is 0 Å². The predicted octanol–water partition coefficient (Wildman–Crippen LogP) is 4.05. The van der Waals surface area contributed by atoms with Gasteiger partial charge in [-0.1, -0.05) is 42.5 Å². The lowest BCUT2D eigenvalue weighted by molar-refractivity contribution is -0.115. The number of nitrogens with one attached hydrogen (secondary N) is 3. The van der Waals surface area contributed by atoms with Crippen LogP contribution in [-0.4, -0.2) is 33.1 Å².